The van der Waals surface area contributed by atoms with Crippen LogP contribution in [0.15, 0.2) is 36.7 Å². The zero-order valence-corrected chi connectivity index (χ0v) is 18.5. The van der Waals surface area contributed by atoms with Crippen molar-refractivity contribution in [2.24, 2.45) is 14.1 Å². The van der Waals surface area contributed by atoms with Gasteiger partial charge in [0.15, 0.2) is 23.1 Å². The van der Waals surface area contributed by atoms with Gasteiger partial charge >= 0.3 is 11.4 Å². The Balaban J connectivity index is 1.74. The predicted molar refractivity (Wildman–Crippen MR) is 121 cm³/mol. The van der Waals surface area contributed by atoms with Crippen LogP contribution in [0.3, 0.4) is 0 Å². The van der Waals surface area contributed by atoms with E-state index in [-0.39, 0.29) is 34.2 Å². The quantitative estimate of drug-likeness (QED) is 0.131. The smallest absolute Gasteiger partial charge is 0.315 e. The summed E-state index contributed by atoms with van der Waals surface area (Å²) in [6.07, 6.45) is 2.77. The van der Waals surface area contributed by atoms with Crippen molar-refractivity contribution in [1.29, 1.82) is 0 Å². The van der Waals surface area contributed by atoms with E-state index in [0.717, 1.165) is 24.3 Å². The van der Waals surface area contributed by atoms with E-state index < -0.39 is 50.0 Å². The second kappa shape index (κ2) is 8.39. The molecule has 0 saturated heterocycles. The van der Waals surface area contributed by atoms with Crippen LogP contribution in [0.25, 0.3) is 22.5 Å². The first-order chi connectivity index (χ1) is 16.9. The zero-order valence-electron chi connectivity index (χ0n) is 18.5. The molecule has 15 nitrogen and oxygen atoms in total. The summed E-state index contributed by atoms with van der Waals surface area (Å²) in [5.41, 5.74) is -1.18. The average Bonchev–Trinajstić information content (AvgIpc) is 3.39. The van der Waals surface area contributed by atoms with E-state index in [9.17, 15) is 45.4 Å². The Kier molecular flexibility index (Phi) is 5.52. The van der Waals surface area contributed by atoms with Gasteiger partial charge in [-0.15, -0.1) is 0 Å². The summed E-state index contributed by atoms with van der Waals surface area (Å²) >= 11 is 0. The van der Waals surface area contributed by atoms with Gasteiger partial charge in [0, 0.05) is 49.7 Å². The molecule has 0 bridgehead atoms. The number of nitro groups is 2. The molecule has 0 aliphatic heterocycles. The number of aryl methyl sites for hydroxylation is 2. The molecule has 4 rings (SSSR count). The topological polar surface area (TPSA) is 220 Å². The molecule has 4 N–H and O–H groups in total. The number of benzene rings is 2. The minimum absolute atomic E-state index is 0.0686. The first-order valence-corrected chi connectivity index (χ1v) is 9.92. The van der Waals surface area contributed by atoms with Crippen molar-refractivity contribution in [2.45, 2.75) is 0 Å². The standard InChI is InChI=1S/C21H16N6O9/c1-24-7-11(9-3-13(26(33)34)17(30)15(28)5-9)22-20(24)19(32)21-23-12(8-25(21)2)10-4-14(27(35)36)18(31)16(29)6-10/h3-8,28-31H,1-2H3. The average molecular weight is 496 g/mol. The molecule has 0 atom stereocenters. The lowest BCUT2D eigenvalue weighted by Crippen LogP contribution is -2.13. The van der Waals surface area contributed by atoms with E-state index in [1.165, 1.54) is 35.6 Å². The lowest BCUT2D eigenvalue weighted by atomic mass is 10.1. The van der Waals surface area contributed by atoms with Gasteiger partial charge in [-0.3, -0.25) is 25.0 Å². The fraction of sp³-hybridized carbons (Fsp3) is 0.0952. The molecule has 15 heteroatoms. The number of rotatable bonds is 6. The third-order valence-corrected chi connectivity index (χ3v) is 5.28. The number of aromatic nitrogens is 4. The largest absolute Gasteiger partial charge is 0.504 e. The summed E-state index contributed by atoms with van der Waals surface area (Å²) in [5, 5.41) is 61.4. The van der Waals surface area contributed by atoms with Crippen LogP contribution in [0.4, 0.5) is 11.4 Å². The van der Waals surface area contributed by atoms with Crippen LogP contribution in [0, 0.1) is 20.2 Å². The van der Waals surface area contributed by atoms with Crippen LogP contribution in [-0.2, 0) is 14.1 Å². The highest BCUT2D eigenvalue weighted by atomic mass is 16.6. The Bertz CT molecular complexity index is 1470. The van der Waals surface area contributed by atoms with E-state index in [1.54, 1.807) is 0 Å². The Labute approximate surface area is 200 Å². The Morgan fingerprint density at radius 3 is 1.44 bits per heavy atom. The summed E-state index contributed by atoms with van der Waals surface area (Å²) in [7, 11) is 2.98. The minimum atomic E-state index is -0.906. The van der Waals surface area contributed by atoms with Gasteiger partial charge in [-0.05, 0) is 12.1 Å². The Hall–Kier alpha value is -5.47. The number of carbonyl (C=O) groups is 1. The van der Waals surface area contributed by atoms with Crippen molar-refractivity contribution in [3.05, 3.63) is 68.5 Å². The second-order valence-electron chi connectivity index (χ2n) is 7.69. The maximum atomic E-state index is 13.2. The predicted octanol–water partition coefficient (Wildman–Crippen LogP) is 2.36. The number of phenolic OH excluding ortho intramolecular Hbond substituents is 4. The van der Waals surface area contributed by atoms with E-state index in [2.05, 4.69) is 9.97 Å². The minimum Gasteiger partial charge on any atom is -0.504 e. The van der Waals surface area contributed by atoms with Crippen LogP contribution in [0.5, 0.6) is 23.0 Å². The number of nitrogens with zero attached hydrogens (tertiary/aromatic N) is 6. The summed E-state index contributed by atoms with van der Waals surface area (Å²) in [5.74, 6) is -4.21. The van der Waals surface area contributed by atoms with Crippen molar-refractivity contribution >= 4 is 17.2 Å². The second-order valence-corrected chi connectivity index (χ2v) is 7.69. The fourth-order valence-electron chi connectivity index (χ4n) is 3.52. The summed E-state index contributed by atoms with van der Waals surface area (Å²) in [4.78, 5) is 42.1. The highest BCUT2D eigenvalue weighted by Crippen LogP contribution is 2.40. The van der Waals surface area contributed by atoms with E-state index in [1.807, 2.05) is 0 Å². The number of hydrogen-bond donors (Lipinski definition) is 4. The van der Waals surface area contributed by atoms with Gasteiger partial charge < -0.3 is 29.6 Å². The lowest BCUT2D eigenvalue weighted by Gasteiger charge is -2.02. The molecule has 2 aromatic carbocycles. The number of hydrogen-bond acceptors (Lipinski definition) is 11. The summed E-state index contributed by atoms with van der Waals surface area (Å²) < 4.78 is 2.66. The first kappa shape index (κ1) is 23.7. The normalized spacial score (nSPS) is 10.9. The molecule has 2 aromatic heterocycles. The Morgan fingerprint density at radius 2 is 1.11 bits per heavy atom. The molecule has 0 unspecified atom stereocenters. The zero-order chi connectivity index (χ0) is 26.5. The van der Waals surface area contributed by atoms with E-state index in [0.29, 0.717) is 0 Å². The van der Waals surface area contributed by atoms with Gasteiger partial charge in [-0.1, -0.05) is 0 Å². The SMILES string of the molecule is Cn1cc(-c2cc(O)c(O)c([N+](=O)[O-])c2)nc1C(=O)c1nc(-c2cc(O)c(O)c([N+](=O)[O-])c2)cn1C. The number of nitro benzene ring substituents is 2. The summed E-state index contributed by atoms with van der Waals surface area (Å²) in [6.45, 7) is 0. The molecule has 0 aliphatic carbocycles. The summed E-state index contributed by atoms with van der Waals surface area (Å²) in [6, 6.07) is 4.10. The molecule has 0 radical (unpaired) electrons. The van der Waals surface area contributed by atoms with Gasteiger partial charge in [0.2, 0.25) is 11.5 Å². The number of phenols is 4. The highest BCUT2D eigenvalue weighted by Gasteiger charge is 2.26. The number of imidazole rings is 2. The van der Waals surface area contributed by atoms with Crippen molar-refractivity contribution in [3.63, 3.8) is 0 Å². The van der Waals surface area contributed by atoms with Crippen molar-refractivity contribution in [1.82, 2.24) is 19.1 Å². The van der Waals surface area contributed by atoms with Gasteiger partial charge in [-0.2, -0.15) is 0 Å². The Morgan fingerprint density at radius 1 is 0.750 bits per heavy atom. The maximum absolute atomic E-state index is 13.2. The number of ketones is 1. The van der Waals surface area contributed by atoms with Crippen LogP contribution in [0.2, 0.25) is 0 Å². The number of aromatic hydroxyl groups is 4. The molecule has 0 amide bonds. The van der Waals surface area contributed by atoms with Crippen LogP contribution in [-0.4, -0.2) is 55.2 Å². The monoisotopic (exact) mass is 496 g/mol. The van der Waals surface area contributed by atoms with Crippen LogP contribution in [0.1, 0.15) is 16.4 Å². The molecule has 4 aromatic rings. The molecule has 184 valence electrons. The molecule has 0 aliphatic rings. The molecule has 0 saturated carbocycles. The first-order valence-electron chi connectivity index (χ1n) is 9.92. The van der Waals surface area contributed by atoms with Crippen molar-refractivity contribution < 1.29 is 35.1 Å². The molecule has 36 heavy (non-hydrogen) atoms. The van der Waals surface area contributed by atoms with Crippen LogP contribution >= 0.6 is 0 Å². The molecular weight excluding hydrogens is 480 g/mol. The van der Waals surface area contributed by atoms with Gasteiger partial charge in [0.05, 0.1) is 21.2 Å². The number of carbonyl (C=O) groups excluding carboxylic acids is 1. The molecule has 0 spiro atoms. The lowest BCUT2D eigenvalue weighted by molar-refractivity contribution is -0.386. The van der Waals surface area contributed by atoms with Gasteiger partial charge in [-0.25, -0.2) is 9.97 Å². The van der Waals surface area contributed by atoms with Crippen molar-refractivity contribution in [2.75, 3.05) is 0 Å². The van der Waals surface area contributed by atoms with Gasteiger partial charge in [0.1, 0.15) is 0 Å². The maximum Gasteiger partial charge on any atom is 0.315 e. The van der Waals surface area contributed by atoms with Crippen molar-refractivity contribution in [3.8, 4) is 45.5 Å². The fourth-order valence-corrected chi connectivity index (χ4v) is 3.52. The van der Waals surface area contributed by atoms with Crippen LogP contribution < -0.4 is 0 Å². The third kappa shape index (κ3) is 3.89. The third-order valence-electron chi connectivity index (χ3n) is 5.28. The molecular formula is C21H16N6O9. The van der Waals surface area contributed by atoms with Gasteiger partial charge in [0.25, 0.3) is 5.78 Å². The highest BCUT2D eigenvalue weighted by molar-refractivity contribution is 6.05. The molecule has 2 heterocycles. The van der Waals surface area contributed by atoms with E-state index >= 15 is 0 Å². The molecule has 0 fully saturated rings. The van der Waals surface area contributed by atoms with E-state index in [4.69, 9.17) is 0 Å².